The largest absolute Gasteiger partial charge is 0.462 e. The molecule has 0 spiro atoms. The molecule has 1 aromatic heterocycles. The Morgan fingerprint density at radius 2 is 1.66 bits per heavy atom. The van der Waals surface area contributed by atoms with Crippen LogP contribution in [0.4, 0.5) is 0 Å². The van der Waals surface area contributed by atoms with Crippen LogP contribution in [-0.2, 0) is 16.0 Å². The maximum atomic E-state index is 13.2. The Balaban J connectivity index is 2.23. The van der Waals surface area contributed by atoms with Crippen LogP contribution >= 0.6 is 15.9 Å². The van der Waals surface area contributed by atoms with E-state index in [1.54, 1.807) is 18.4 Å². The van der Waals surface area contributed by atoms with Gasteiger partial charge in [-0.05, 0) is 49.6 Å². The van der Waals surface area contributed by atoms with Crippen LogP contribution < -0.4 is 5.56 Å². The second-order valence-corrected chi connectivity index (χ2v) is 7.73. The highest BCUT2D eigenvalue weighted by Crippen LogP contribution is 2.50. The zero-order valence-corrected chi connectivity index (χ0v) is 18.4. The summed E-state index contributed by atoms with van der Waals surface area (Å²) >= 11 is 3.47. The van der Waals surface area contributed by atoms with Crippen molar-refractivity contribution in [2.75, 3.05) is 13.2 Å². The van der Waals surface area contributed by atoms with Crippen molar-refractivity contribution in [3.8, 4) is 0 Å². The molecule has 29 heavy (non-hydrogen) atoms. The molecule has 0 saturated carbocycles. The minimum absolute atomic E-state index is 0.138. The van der Waals surface area contributed by atoms with Crippen LogP contribution in [-0.4, -0.2) is 29.7 Å². The Morgan fingerprint density at radius 1 is 1.00 bits per heavy atom. The number of hydrogen-bond acceptors (Lipinski definition) is 5. The van der Waals surface area contributed by atoms with E-state index in [0.717, 1.165) is 28.4 Å². The van der Waals surface area contributed by atoms with Crippen LogP contribution in [0.1, 0.15) is 77.1 Å². The highest BCUT2D eigenvalue weighted by molar-refractivity contribution is 9.10. The molecule has 0 aliphatic heterocycles. The Labute approximate surface area is 178 Å². The summed E-state index contributed by atoms with van der Waals surface area (Å²) in [7, 11) is 0. The van der Waals surface area contributed by atoms with Crippen molar-refractivity contribution in [2.24, 2.45) is 0 Å². The molecule has 1 atom stereocenters. The van der Waals surface area contributed by atoms with E-state index in [4.69, 9.17) is 9.47 Å². The quantitative estimate of drug-likeness (QED) is 0.468. The monoisotopic (exact) mass is 461 g/mol. The molecule has 1 unspecified atom stereocenters. The number of pyridine rings is 1. The predicted molar refractivity (Wildman–Crippen MR) is 113 cm³/mol. The van der Waals surface area contributed by atoms with Crippen LogP contribution in [0.5, 0.6) is 0 Å². The van der Waals surface area contributed by atoms with Gasteiger partial charge in [-0.25, -0.2) is 9.59 Å². The second kappa shape index (κ2) is 8.95. The number of unbranched alkanes of at least 4 members (excludes halogenated alkanes) is 1. The minimum atomic E-state index is -0.726. The van der Waals surface area contributed by atoms with Gasteiger partial charge in [0.2, 0.25) is 0 Å². The van der Waals surface area contributed by atoms with Crippen molar-refractivity contribution >= 4 is 27.9 Å². The van der Waals surface area contributed by atoms with E-state index in [2.05, 4.69) is 15.9 Å². The predicted octanol–water partition coefficient (Wildman–Crippen LogP) is 4.26. The lowest BCUT2D eigenvalue weighted by atomic mass is 10.0. The molecule has 0 fully saturated rings. The Hall–Kier alpha value is -2.41. The van der Waals surface area contributed by atoms with Crippen LogP contribution in [0, 0.1) is 0 Å². The molecule has 0 radical (unpaired) electrons. The fourth-order valence-electron chi connectivity index (χ4n) is 3.53. The first-order chi connectivity index (χ1) is 13.9. The first-order valence-electron chi connectivity index (χ1n) is 9.85. The molecule has 3 rings (SSSR count). The summed E-state index contributed by atoms with van der Waals surface area (Å²) in [5.41, 5.74) is 2.37. The van der Waals surface area contributed by atoms with E-state index in [9.17, 15) is 14.4 Å². The molecule has 1 aliphatic rings. The van der Waals surface area contributed by atoms with Gasteiger partial charge >= 0.3 is 11.9 Å². The van der Waals surface area contributed by atoms with Gasteiger partial charge in [0.15, 0.2) is 0 Å². The third kappa shape index (κ3) is 4.15. The number of ether oxygens (including phenoxy) is 2. The van der Waals surface area contributed by atoms with E-state index in [0.29, 0.717) is 12.2 Å². The normalized spacial score (nSPS) is 14.3. The van der Waals surface area contributed by atoms with E-state index >= 15 is 0 Å². The molecule has 0 saturated heterocycles. The molecule has 6 nitrogen and oxygen atoms in total. The van der Waals surface area contributed by atoms with Crippen molar-refractivity contribution < 1.29 is 19.1 Å². The molecule has 2 aromatic rings. The lowest BCUT2D eigenvalue weighted by Gasteiger charge is -2.18. The summed E-state index contributed by atoms with van der Waals surface area (Å²) in [5.74, 6) is -1.44. The number of aromatic nitrogens is 1. The van der Waals surface area contributed by atoms with E-state index in [1.165, 1.54) is 6.07 Å². The smallest absolute Gasteiger partial charge is 0.343 e. The third-order valence-electron chi connectivity index (χ3n) is 4.92. The number of carbonyl (C=O) groups is 2. The van der Waals surface area contributed by atoms with Crippen LogP contribution in [0.15, 0.2) is 33.5 Å². The SMILES string of the molecule is CCCCn1c(C2c3ccc(Br)cc32)c(C(=O)OCC)cc(C(=O)OCC)c1=O. The van der Waals surface area contributed by atoms with Crippen molar-refractivity contribution in [3.05, 3.63) is 67.0 Å². The average Bonchev–Trinajstić information content (AvgIpc) is 3.39. The molecule has 0 bridgehead atoms. The minimum Gasteiger partial charge on any atom is -0.462 e. The maximum Gasteiger partial charge on any atom is 0.343 e. The highest BCUT2D eigenvalue weighted by atomic mass is 79.9. The number of esters is 2. The fourth-order valence-corrected chi connectivity index (χ4v) is 3.91. The summed E-state index contributed by atoms with van der Waals surface area (Å²) in [6.45, 7) is 6.17. The number of rotatable bonds is 8. The number of hydrogen-bond donors (Lipinski definition) is 0. The van der Waals surface area contributed by atoms with E-state index in [1.807, 2.05) is 25.1 Å². The van der Waals surface area contributed by atoms with Crippen LogP contribution in [0.2, 0.25) is 0 Å². The van der Waals surface area contributed by atoms with Gasteiger partial charge in [-0.2, -0.15) is 0 Å². The Bertz CT molecular complexity index is 1010. The molecule has 0 amide bonds. The standard InChI is InChI=1S/C22H24BrNO5/c1-4-7-10-24-19(18-14-9-8-13(23)11-15(14)18)16(21(26)28-5-2)12-17(20(24)25)22(27)29-6-3/h8-9,11-12,18H,4-7,10H2,1-3H3. The number of nitrogens with zero attached hydrogens (tertiary/aromatic N) is 1. The molecule has 154 valence electrons. The molecule has 1 aliphatic carbocycles. The Morgan fingerprint density at radius 3 is 2.24 bits per heavy atom. The second-order valence-electron chi connectivity index (χ2n) is 6.81. The topological polar surface area (TPSA) is 74.6 Å². The lowest BCUT2D eigenvalue weighted by molar-refractivity contribution is 0.0520. The molecular formula is C22H24BrNO5. The van der Waals surface area contributed by atoms with Crippen LogP contribution in [0.3, 0.4) is 0 Å². The molecular weight excluding hydrogens is 438 g/mol. The zero-order valence-electron chi connectivity index (χ0n) is 16.8. The molecule has 1 aromatic carbocycles. The summed E-state index contributed by atoms with van der Waals surface area (Å²) < 4.78 is 12.8. The summed E-state index contributed by atoms with van der Waals surface area (Å²) in [4.78, 5) is 38.4. The molecule has 0 N–H and O–H groups in total. The van der Waals surface area contributed by atoms with Crippen molar-refractivity contribution in [1.82, 2.24) is 4.57 Å². The van der Waals surface area contributed by atoms with Gasteiger partial charge in [0.05, 0.1) is 24.7 Å². The number of halogens is 1. The van der Waals surface area contributed by atoms with E-state index in [-0.39, 0.29) is 30.3 Å². The number of carbonyl (C=O) groups excluding carboxylic acids is 2. The average molecular weight is 462 g/mol. The lowest BCUT2D eigenvalue weighted by Crippen LogP contribution is -2.32. The van der Waals surface area contributed by atoms with Crippen molar-refractivity contribution in [1.29, 1.82) is 0 Å². The van der Waals surface area contributed by atoms with Gasteiger partial charge in [0.1, 0.15) is 5.56 Å². The first kappa shape index (κ1) is 21.3. The van der Waals surface area contributed by atoms with Crippen molar-refractivity contribution in [2.45, 2.75) is 46.1 Å². The maximum absolute atomic E-state index is 13.2. The first-order valence-corrected chi connectivity index (χ1v) is 10.6. The zero-order chi connectivity index (χ0) is 21.1. The molecule has 7 heteroatoms. The van der Waals surface area contributed by atoms with Gasteiger partial charge < -0.3 is 14.0 Å². The Kier molecular flexibility index (Phi) is 6.57. The van der Waals surface area contributed by atoms with Crippen LogP contribution in [0.25, 0.3) is 0 Å². The van der Waals surface area contributed by atoms with Gasteiger partial charge in [-0.1, -0.05) is 35.3 Å². The number of fused-ring (bicyclic) bond motifs is 1. The van der Waals surface area contributed by atoms with Gasteiger partial charge in [0, 0.05) is 16.7 Å². The van der Waals surface area contributed by atoms with Crippen molar-refractivity contribution in [3.63, 3.8) is 0 Å². The van der Waals surface area contributed by atoms with Gasteiger partial charge in [-0.3, -0.25) is 4.79 Å². The summed E-state index contributed by atoms with van der Waals surface area (Å²) in [6, 6.07) is 7.24. The fraction of sp³-hybridized carbons (Fsp3) is 0.409. The summed E-state index contributed by atoms with van der Waals surface area (Å²) in [5, 5.41) is 0. The summed E-state index contributed by atoms with van der Waals surface area (Å²) in [6.07, 6.45) is 1.61. The van der Waals surface area contributed by atoms with Gasteiger partial charge in [0.25, 0.3) is 5.56 Å². The van der Waals surface area contributed by atoms with Gasteiger partial charge in [-0.15, -0.1) is 0 Å². The van der Waals surface area contributed by atoms with E-state index < -0.39 is 17.5 Å². The number of benzene rings is 1. The highest BCUT2D eigenvalue weighted by Gasteiger charge is 2.40. The molecule has 1 heterocycles. The third-order valence-corrected chi connectivity index (χ3v) is 5.41.